The Morgan fingerprint density at radius 3 is 2.88 bits per heavy atom. The number of β-amino-alcohol motifs (C(OH)–C–C–N with tert-alkyl or cyclic N) is 1. The minimum absolute atomic E-state index is 0.0912. The highest BCUT2D eigenvalue weighted by atomic mass is 16.4. The number of aliphatic hydroxyl groups excluding tert-OH is 1. The summed E-state index contributed by atoms with van der Waals surface area (Å²) in [5.41, 5.74) is -0.170. The summed E-state index contributed by atoms with van der Waals surface area (Å²) < 4.78 is 1.51. The van der Waals surface area contributed by atoms with Crippen LogP contribution in [0.25, 0.3) is 0 Å². The fourth-order valence-corrected chi connectivity index (χ4v) is 2.79. The second-order valence-corrected chi connectivity index (χ2v) is 5.83. The van der Waals surface area contributed by atoms with Crippen LogP contribution in [-0.2, 0) is 11.3 Å². The molecule has 2 aromatic heterocycles. The number of nitrogens with zero attached hydrogens (tertiary/aromatic N) is 5. The molecule has 10 heteroatoms. The SMILES string of the molecule is O=C(Cn1cccn1)N[C@H]1C[C@@H](O)CN(c2cncc(C(=O)O)n2)C1. The van der Waals surface area contributed by atoms with Crippen molar-refractivity contribution >= 4 is 17.7 Å². The zero-order valence-corrected chi connectivity index (χ0v) is 13.3. The van der Waals surface area contributed by atoms with Crippen LogP contribution in [0.3, 0.4) is 0 Å². The Labute approximate surface area is 143 Å². The molecule has 1 aliphatic heterocycles. The molecule has 3 rings (SSSR count). The van der Waals surface area contributed by atoms with Gasteiger partial charge in [-0.1, -0.05) is 0 Å². The number of hydrogen-bond donors (Lipinski definition) is 3. The normalized spacial score (nSPS) is 20.3. The smallest absolute Gasteiger partial charge is 0.356 e. The van der Waals surface area contributed by atoms with Crippen LogP contribution in [0, 0.1) is 0 Å². The summed E-state index contributed by atoms with van der Waals surface area (Å²) in [6.45, 7) is 0.789. The number of carbonyl (C=O) groups is 2. The molecule has 1 fully saturated rings. The monoisotopic (exact) mass is 346 g/mol. The van der Waals surface area contributed by atoms with Gasteiger partial charge < -0.3 is 20.4 Å². The summed E-state index contributed by atoms with van der Waals surface area (Å²) in [5, 5.41) is 25.9. The number of carbonyl (C=O) groups excluding carboxylic acids is 1. The van der Waals surface area contributed by atoms with E-state index < -0.39 is 12.1 Å². The van der Waals surface area contributed by atoms with E-state index in [-0.39, 0.29) is 24.2 Å². The first-order chi connectivity index (χ1) is 12.0. The molecule has 1 aliphatic rings. The first kappa shape index (κ1) is 16.8. The highest BCUT2D eigenvalue weighted by molar-refractivity contribution is 5.85. The molecule has 3 N–H and O–H groups in total. The number of anilines is 1. The Hall–Kier alpha value is -3.01. The molecule has 1 amide bonds. The second kappa shape index (κ2) is 7.26. The minimum atomic E-state index is -1.17. The van der Waals surface area contributed by atoms with Gasteiger partial charge in [-0.25, -0.2) is 9.78 Å². The van der Waals surface area contributed by atoms with E-state index in [2.05, 4.69) is 20.4 Å². The van der Waals surface area contributed by atoms with Gasteiger partial charge in [0.1, 0.15) is 12.4 Å². The molecule has 0 aliphatic carbocycles. The number of aliphatic hydroxyl groups is 1. The van der Waals surface area contributed by atoms with Crippen LogP contribution in [0.4, 0.5) is 5.82 Å². The lowest BCUT2D eigenvalue weighted by molar-refractivity contribution is -0.122. The fourth-order valence-electron chi connectivity index (χ4n) is 2.79. The molecule has 0 aromatic carbocycles. The highest BCUT2D eigenvalue weighted by Gasteiger charge is 2.28. The fraction of sp³-hybridized carbons (Fsp3) is 0.400. The summed E-state index contributed by atoms with van der Waals surface area (Å²) >= 11 is 0. The third-order valence-corrected chi connectivity index (χ3v) is 3.82. The molecule has 25 heavy (non-hydrogen) atoms. The Bertz CT molecular complexity index is 750. The molecule has 1 saturated heterocycles. The summed E-state index contributed by atoms with van der Waals surface area (Å²) in [5.74, 6) is -1.03. The van der Waals surface area contributed by atoms with Crippen LogP contribution in [0.5, 0.6) is 0 Å². The van der Waals surface area contributed by atoms with Crippen LogP contribution < -0.4 is 10.2 Å². The Balaban J connectivity index is 1.66. The zero-order chi connectivity index (χ0) is 17.8. The molecule has 0 unspecified atom stereocenters. The Morgan fingerprint density at radius 2 is 2.16 bits per heavy atom. The van der Waals surface area contributed by atoms with Crippen LogP contribution in [0.15, 0.2) is 30.9 Å². The van der Waals surface area contributed by atoms with Gasteiger partial charge in [-0.05, 0) is 12.5 Å². The maximum Gasteiger partial charge on any atom is 0.356 e. The topological polar surface area (TPSA) is 133 Å². The Morgan fingerprint density at radius 1 is 1.32 bits per heavy atom. The third kappa shape index (κ3) is 4.29. The number of piperidine rings is 1. The molecule has 0 saturated carbocycles. The molecule has 0 spiro atoms. The van der Waals surface area contributed by atoms with E-state index in [9.17, 15) is 14.7 Å². The molecular formula is C15H18N6O4. The first-order valence-electron chi connectivity index (χ1n) is 7.76. The first-order valence-corrected chi connectivity index (χ1v) is 7.76. The summed E-state index contributed by atoms with van der Waals surface area (Å²) in [7, 11) is 0. The van der Waals surface area contributed by atoms with Gasteiger partial charge in [-0.2, -0.15) is 5.10 Å². The lowest BCUT2D eigenvalue weighted by Crippen LogP contribution is -2.53. The van der Waals surface area contributed by atoms with Gasteiger partial charge in [0, 0.05) is 31.5 Å². The van der Waals surface area contributed by atoms with E-state index in [1.54, 1.807) is 23.4 Å². The van der Waals surface area contributed by atoms with Crippen molar-refractivity contribution in [3.63, 3.8) is 0 Å². The van der Waals surface area contributed by atoms with Gasteiger partial charge in [0.25, 0.3) is 0 Å². The van der Waals surface area contributed by atoms with Crippen molar-refractivity contribution in [1.29, 1.82) is 0 Å². The predicted molar refractivity (Wildman–Crippen MR) is 86.0 cm³/mol. The van der Waals surface area contributed by atoms with Crippen molar-refractivity contribution in [3.05, 3.63) is 36.5 Å². The van der Waals surface area contributed by atoms with Gasteiger partial charge in [-0.3, -0.25) is 14.5 Å². The van der Waals surface area contributed by atoms with Crippen molar-refractivity contribution in [1.82, 2.24) is 25.1 Å². The van der Waals surface area contributed by atoms with Crippen molar-refractivity contribution in [2.45, 2.75) is 25.1 Å². The average molecular weight is 346 g/mol. The lowest BCUT2D eigenvalue weighted by atomic mass is 10.0. The van der Waals surface area contributed by atoms with E-state index in [4.69, 9.17) is 5.11 Å². The molecule has 2 aromatic rings. The number of carboxylic acid groups (broad SMARTS) is 1. The highest BCUT2D eigenvalue weighted by Crippen LogP contribution is 2.18. The molecule has 0 bridgehead atoms. The predicted octanol–water partition coefficient (Wildman–Crippen LogP) is -0.873. The van der Waals surface area contributed by atoms with Gasteiger partial charge in [0.2, 0.25) is 5.91 Å². The number of rotatable bonds is 5. The largest absolute Gasteiger partial charge is 0.476 e. The molecule has 10 nitrogen and oxygen atoms in total. The second-order valence-electron chi connectivity index (χ2n) is 5.83. The van der Waals surface area contributed by atoms with Crippen molar-refractivity contribution < 1.29 is 19.8 Å². The van der Waals surface area contributed by atoms with Crippen LogP contribution in [0.1, 0.15) is 16.9 Å². The van der Waals surface area contributed by atoms with Crippen molar-refractivity contribution in [3.8, 4) is 0 Å². The van der Waals surface area contributed by atoms with Crippen LogP contribution in [0.2, 0.25) is 0 Å². The number of aromatic carboxylic acids is 1. The van der Waals surface area contributed by atoms with Gasteiger partial charge in [0.15, 0.2) is 5.69 Å². The number of hydrogen-bond acceptors (Lipinski definition) is 7. The van der Waals surface area contributed by atoms with E-state index in [0.717, 1.165) is 6.20 Å². The molecule has 132 valence electrons. The van der Waals surface area contributed by atoms with Gasteiger partial charge in [-0.15, -0.1) is 0 Å². The Kier molecular flexibility index (Phi) is 4.89. The van der Waals surface area contributed by atoms with E-state index in [0.29, 0.717) is 25.3 Å². The quantitative estimate of drug-likeness (QED) is 0.636. The molecule has 2 atom stereocenters. The van der Waals surface area contributed by atoms with E-state index >= 15 is 0 Å². The maximum atomic E-state index is 12.1. The van der Waals surface area contributed by atoms with Gasteiger partial charge >= 0.3 is 5.97 Å². The molecule has 3 heterocycles. The number of nitrogens with one attached hydrogen (secondary N) is 1. The van der Waals surface area contributed by atoms with Crippen LogP contribution >= 0.6 is 0 Å². The summed E-state index contributed by atoms with van der Waals surface area (Å²) in [4.78, 5) is 32.7. The van der Waals surface area contributed by atoms with Crippen molar-refractivity contribution in [2.75, 3.05) is 18.0 Å². The standard InChI is InChI=1S/C15H18N6O4/c22-11-4-10(18-14(23)9-21-3-1-2-17-21)7-20(8-11)13-6-16-5-12(19-13)15(24)25/h1-3,5-6,10-11,22H,4,7-9H2,(H,18,23)(H,24,25)/t10-,11+/m0/s1. The maximum absolute atomic E-state index is 12.1. The lowest BCUT2D eigenvalue weighted by Gasteiger charge is -2.36. The van der Waals surface area contributed by atoms with E-state index in [1.807, 2.05) is 0 Å². The molecule has 0 radical (unpaired) electrons. The van der Waals surface area contributed by atoms with Crippen LogP contribution in [-0.4, -0.2) is 67.1 Å². The average Bonchev–Trinajstić information content (AvgIpc) is 3.07. The number of amides is 1. The molecular weight excluding hydrogens is 328 g/mol. The van der Waals surface area contributed by atoms with Gasteiger partial charge in [0.05, 0.1) is 18.5 Å². The number of aromatic nitrogens is 4. The minimum Gasteiger partial charge on any atom is -0.476 e. The number of carboxylic acids is 1. The summed E-state index contributed by atoms with van der Waals surface area (Å²) in [6, 6.07) is 1.44. The van der Waals surface area contributed by atoms with E-state index in [1.165, 1.54) is 10.9 Å². The third-order valence-electron chi connectivity index (χ3n) is 3.82. The van der Waals surface area contributed by atoms with Crippen molar-refractivity contribution in [2.24, 2.45) is 0 Å². The zero-order valence-electron chi connectivity index (χ0n) is 13.3. The summed E-state index contributed by atoms with van der Waals surface area (Å²) in [6.07, 6.45) is 5.62.